The Labute approximate surface area is 125 Å². The number of nitrogens with one attached hydrogen (secondary N) is 1. The Balaban J connectivity index is 1.59. The quantitative estimate of drug-likeness (QED) is 0.841. The molecule has 2 saturated heterocycles. The van der Waals surface area contributed by atoms with Crippen LogP contribution >= 0.6 is 0 Å². The third-order valence-electron chi connectivity index (χ3n) is 4.60. The van der Waals surface area contributed by atoms with Crippen LogP contribution in [0.2, 0.25) is 0 Å². The van der Waals surface area contributed by atoms with Crippen molar-refractivity contribution in [3.05, 3.63) is 18.7 Å². The number of likely N-dealkylation sites (tertiary alicyclic amines) is 1. The number of hydrogen-bond acceptors (Lipinski definition) is 4. The van der Waals surface area contributed by atoms with E-state index in [2.05, 4.69) is 14.9 Å². The number of carbonyl (C=O) groups excluding carboxylic acids is 1. The van der Waals surface area contributed by atoms with Gasteiger partial charge in [0.15, 0.2) is 0 Å². The SMILES string of the molecule is O=C([C@@H]1C[C@@H](O)CN1)N1CCCCC1CCn1ccnc1. The minimum absolute atomic E-state index is 0.168. The molecule has 0 radical (unpaired) electrons. The van der Waals surface area contributed by atoms with Crippen LogP contribution in [0.1, 0.15) is 32.1 Å². The van der Waals surface area contributed by atoms with Crippen molar-refractivity contribution >= 4 is 5.91 Å². The van der Waals surface area contributed by atoms with Gasteiger partial charge in [0, 0.05) is 38.1 Å². The first-order valence-corrected chi connectivity index (χ1v) is 7.91. The van der Waals surface area contributed by atoms with Crippen molar-refractivity contribution in [2.45, 2.75) is 56.8 Å². The number of carbonyl (C=O) groups is 1. The summed E-state index contributed by atoms with van der Waals surface area (Å²) in [6.07, 6.45) is 10.1. The molecule has 0 spiro atoms. The van der Waals surface area contributed by atoms with E-state index in [1.807, 2.05) is 17.4 Å². The van der Waals surface area contributed by atoms with E-state index in [0.29, 0.717) is 19.0 Å². The van der Waals surface area contributed by atoms with Crippen molar-refractivity contribution in [2.75, 3.05) is 13.1 Å². The molecule has 3 atom stereocenters. The van der Waals surface area contributed by atoms with Crippen molar-refractivity contribution in [3.63, 3.8) is 0 Å². The zero-order valence-corrected chi connectivity index (χ0v) is 12.3. The van der Waals surface area contributed by atoms with Crippen molar-refractivity contribution < 1.29 is 9.90 Å². The van der Waals surface area contributed by atoms with Gasteiger partial charge < -0.3 is 19.9 Å². The van der Waals surface area contributed by atoms with Gasteiger partial charge in [0.1, 0.15) is 0 Å². The highest BCUT2D eigenvalue weighted by atomic mass is 16.3. The number of imidazole rings is 1. The Kier molecular flexibility index (Phi) is 4.55. The van der Waals surface area contributed by atoms with Crippen LogP contribution in [0.25, 0.3) is 0 Å². The second-order valence-electron chi connectivity index (χ2n) is 6.12. The molecule has 1 aromatic rings. The first-order chi connectivity index (χ1) is 10.2. The van der Waals surface area contributed by atoms with Crippen LogP contribution < -0.4 is 5.32 Å². The summed E-state index contributed by atoms with van der Waals surface area (Å²) < 4.78 is 2.06. The average molecular weight is 292 g/mol. The van der Waals surface area contributed by atoms with Gasteiger partial charge in [-0.2, -0.15) is 0 Å². The van der Waals surface area contributed by atoms with Crippen LogP contribution in [0.4, 0.5) is 0 Å². The lowest BCUT2D eigenvalue weighted by Crippen LogP contribution is -2.50. The van der Waals surface area contributed by atoms with Crippen molar-refractivity contribution in [2.24, 2.45) is 0 Å². The zero-order chi connectivity index (χ0) is 14.7. The maximum absolute atomic E-state index is 12.7. The maximum Gasteiger partial charge on any atom is 0.240 e. The maximum atomic E-state index is 12.7. The van der Waals surface area contributed by atoms with Crippen molar-refractivity contribution in [3.8, 4) is 0 Å². The van der Waals surface area contributed by atoms with Crippen LogP contribution in [0.5, 0.6) is 0 Å². The second-order valence-corrected chi connectivity index (χ2v) is 6.12. The fourth-order valence-electron chi connectivity index (χ4n) is 3.41. The second kappa shape index (κ2) is 6.58. The number of hydrogen-bond donors (Lipinski definition) is 2. The highest BCUT2D eigenvalue weighted by Gasteiger charge is 2.35. The topological polar surface area (TPSA) is 70.4 Å². The molecule has 2 aliphatic heterocycles. The lowest BCUT2D eigenvalue weighted by molar-refractivity contribution is -0.137. The van der Waals surface area contributed by atoms with Gasteiger partial charge in [0.05, 0.1) is 18.5 Å². The van der Waals surface area contributed by atoms with Gasteiger partial charge in [-0.1, -0.05) is 0 Å². The van der Waals surface area contributed by atoms with Crippen molar-refractivity contribution in [1.82, 2.24) is 19.8 Å². The Morgan fingerprint density at radius 2 is 2.33 bits per heavy atom. The summed E-state index contributed by atoms with van der Waals surface area (Å²) in [7, 11) is 0. The fourth-order valence-corrected chi connectivity index (χ4v) is 3.41. The molecule has 6 heteroatoms. The standard InChI is InChI=1S/C15H24N4O2/c20-13-9-14(17-10-13)15(21)19-6-2-1-3-12(19)4-7-18-8-5-16-11-18/h5,8,11-14,17,20H,1-4,6-7,9-10H2/t12?,13-,14+/m1/s1. The van der Waals surface area contributed by atoms with Crippen LogP contribution in [0, 0.1) is 0 Å². The Morgan fingerprint density at radius 1 is 1.43 bits per heavy atom. The van der Waals surface area contributed by atoms with E-state index >= 15 is 0 Å². The summed E-state index contributed by atoms with van der Waals surface area (Å²) in [5, 5.41) is 12.7. The molecule has 3 rings (SSSR count). The predicted molar refractivity (Wildman–Crippen MR) is 78.6 cm³/mol. The van der Waals surface area contributed by atoms with Crippen LogP contribution in [0.15, 0.2) is 18.7 Å². The molecule has 21 heavy (non-hydrogen) atoms. The van der Waals surface area contributed by atoms with Gasteiger partial charge in [0.2, 0.25) is 5.91 Å². The molecular weight excluding hydrogens is 268 g/mol. The minimum Gasteiger partial charge on any atom is -0.392 e. The number of aryl methyl sites for hydroxylation is 1. The molecule has 2 aliphatic rings. The van der Waals surface area contributed by atoms with E-state index in [-0.39, 0.29) is 18.1 Å². The van der Waals surface area contributed by atoms with E-state index in [1.54, 1.807) is 6.20 Å². The Bertz CT molecular complexity index is 462. The number of rotatable bonds is 4. The third-order valence-corrected chi connectivity index (χ3v) is 4.60. The number of aliphatic hydroxyl groups is 1. The number of aromatic nitrogens is 2. The minimum atomic E-state index is -0.381. The zero-order valence-electron chi connectivity index (χ0n) is 12.3. The molecule has 0 aliphatic carbocycles. The first-order valence-electron chi connectivity index (χ1n) is 7.91. The number of β-amino-alcohol motifs (C(OH)–C–C–N with tert-alkyl or cyclic N) is 1. The number of amides is 1. The molecule has 6 nitrogen and oxygen atoms in total. The van der Waals surface area contributed by atoms with Gasteiger partial charge in [-0.15, -0.1) is 0 Å². The summed E-state index contributed by atoms with van der Waals surface area (Å²) in [4.78, 5) is 18.7. The van der Waals surface area contributed by atoms with E-state index in [0.717, 1.165) is 32.4 Å². The van der Waals surface area contributed by atoms with Gasteiger partial charge in [0.25, 0.3) is 0 Å². The number of nitrogens with zero attached hydrogens (tertiary/aromatic N) is 3. The Hall–Kier alpha value is -1.40. The first kappa shape index (κ1) is 14.5. The van der Waals surface area contributed by atoms with Crippen molar-refractivity contribution in [1.29, 1.82) is 0 Å². The van der Waals surface area contributed by atoms with E-state index < -0.39 is 0 Å². The van der Waals surface area contributed by atoms with Gasteiger partial charge >= 0.3 is 0 Å². The summed E-state index contributed by atoms with van der Waals surface area (Å²) in [6, 6.07) is 0.113. The largest absolute Gasteiger partial charge is 0.392 e. The van der Waals surface area contributed by atoms with Gasteiger partial charge in [-0.05, 0) is 32.1 Å². The van der Waals surface area contributed by atoms with Gasteiger partial charge in [-0.25, -0.2) is 4.98 Å². The van der Waals surface area contributed by atoms with E-state index in [9.17, 15) is 9.90 Å². The molecular formula is C15H24N4O2. The molecule has 116 valence electrons. The van der Waals surface area contributed by atoms with E-state index in [1.165, 1.54) is 6.42 Å². The predicted octanol–water partition coefficient (Wildman–Crippen LogP) is 0.377. The monoisotopic (exact) mass is 292 g/mol. The molecule has 0 aromatic carbocycles. The highest BCUT2D eigenvalue weighted by molar-refractivity contribution is 5.82. The lowest BCUT2D eigenvalue weighted by atomic mass is 9.98. The molecule has 1 unspecified atom stereocenters. The third kappa shape index (κ3) is 3.44. The fraction of sp³-hybridized carbons (Fsp3) is 0.733. The Morgan fingerprint density at radius 3 is 3.05 bits per heavy atom. The smallest absolute Gasteiger partial charge is 0.240 e. The van der Waals surface area contributed by atoms with Crippen LogP contribution in [-0.2, 0) is 11.3 Å². The molecule has 2 fully saturated rings. The van der Waals surface area contributed by atoms with Crippen LogP contribution in [0.3, 0.4) is 0 Å². The molecule has 1 aromatic heterocycles. The normalized spacial score (nSPS) is 29.8. The summed E-state index contributed by atoms with van der Waals surface area (Å²) in [5.74, 6) is 0.168. The summed E-state index contributed by atoms with van der Waals surface area (Å²) in [6.45, 7) is 2.28. The molecule has 2 N–H and O–H groups in total. The molecule has 0 bridgehead atoms. The molecule has 3 heterocycles. The highest BCUT2D eigenvalue weighted by Crippen LogP contribution is 2.23. The van der Waals surface area contributed by atoms with Gasteiger partial charge in [-0.3, -0.25) is 4.79 Å². The molecule has 1 amide bonds. The lowest BCUT2D eigenvalue weighted by Gasteiger charge is -2.37. The molecule has 0 saturated carbocycles. The number of aliphatic hydroxyl groups excluding tert-OH is 1. The van der Waals surface area contributed by atoms with E-state index in [4.69, 9.17) is 0 Å². The summed E-state index contributed by atoms with van der Waals surface area (Å²) in [5.41, 5.74) is 0. The number of piperidine rings is 1. The average Bonchev–Trinajstić information content (AvgIpc) is 3.16. The summed E-state index contributed by atoms with van der Waals surface area (Å²) >= 11 is 0. The van der Waals surface area contributed by atoms with Crippen LogP contribution in [-0.4, -0.2) is 56.7 Å².